The van der Waals surface area contributed by atoms with Crippen LogP contribution in [0, 0.1) is 0 Å². The molecule has 4 heteroatoms. The van der Waals surface area contributed by atoms with Gasteiger partial charge in [0.25, 0.3) is 0 Å². The predicted molar refractivity (Wildman–Crippen MR) is 72.6 cm³/mol. The van der Waals surface area contributed by atoms with Crippen LogP contribution in [0.5, 0.6) is 0 Å². The van der Waals surface area contributed by atoms with Gasteiger partial charge in [-0.1, -0.05) is 6.07 Å². The molecule has 1 aliphatic rings. The molecule has 18 heavy (non-hydrogen) atoms. The highest BCUT2D eigenvalue weighted by Crippen LogP contribution is 2.27. The van der Waals surface area contributed by atoms with Crippen molar-refractivity contribution in [3.05, 3.63) is 35.9 Å². The topological polar surface area (TPSA) is 46.6 Å². The minimum atomic E-state index is 0.563. The van der Waals surface area contributed by atoms with Crippen LogP contribution in [0.25, 0.3) is 5.52 Å². The van der Waals surface area contributed by atoms with Crippen LogP contribution in [-0.2, 0) is 6.54 Å². The summed E-state index contributed by atoms with van der Waals surface area (Å²) in [6.07, 6.45) is 4.34. The maximum absolute atomic E-state index is 5.84. The standard InChI is InChI=1S/C14H20N4/c1-17-7-5-11(6-8-17)14-16-10-13-4-2-3-12(9-15)18(13)14/h2-4,10-11H,5-9,15H2,1H3. The molecule has 0 spiro atoms. The van der Waals surface area contributed by atoms with Crippen LogP contribution < -0.4 is 5.73 Å². The van der Waals surface area contributed by atoms with Crippen LogP contribution in [0.4, 0.5) is 0 Å². The van der Waals surface area contributed by atoms with Crippen LogP contribution in [0.2, 0.25) is 0 Å². The lowest BCUT2D eigenvalue weighted by molar-refractivity contribution is 0.250. The van der Waals surface area contributed by atoms with E-state index in [0.717, 1.165) is 24.3 Å². The largest absolute Gasteiger partial charge is 0.325 e. The minimum absolute atomic E-state index is 0.563. The first-order chi connectivity index (χ1) is 8.79. The molecule has 0 radical (unpaired) electrons. The van der Waals surface area contributed by atoms with Gasteiger partial charge in [0.1, 0.15) is 5.82 Å². The van der Waals surface area contributed by atoms with Crippen molar-refractivity contribution < 1.29 is 0 Å². The average molecular weight is 244 g/mol. The third-order valence-corrected chi connectivity index (χ3v) is 3.95. The normalized spacial score (nSPS) is 18.6. The van der Waals surface area contributed by atoms with Gasteiger partial charge < -0.3 is 10.6 Å². The molecule has 0 unspecified atom stereocenters. The zero-order valence-electron chi connectivity index (χ0n) is 10.8. The molecule has 0 saturated carbocycles. The molecule has 1 aliphatic heterocycles. The summed E-state index contributed by atoms with van der Waals surface area (Å²) in [4.78, 5) is 7.03. The Morgan fingerprint density at radius 1 is 1.33 bits per heavy atom. The lowest BCUT2D eigenvalue weighted by atomic mass is 9.96. The fraction of sp³-hybridized carbons (Fsp3) is 0.500. The lowest BCUT2D eigenvalue weighted by Gasteiger charge is -2.28. The minimum Gasteiger partial charge on any atom is -0.325 e. The van der Waals surface area contributed by atoms with E-state index in [1.54, 1.807) is 0 Å². The Morgan fingerprint density at radius 2 is 2.11 bits per heavy atom. The Morgan fingerprint density at radius 3 is 2.83 bits per heavy atom. The highest BCUT2D eigenvalue weighted by Gasteiger charge is 2.22. The van der Waals surface area contributed by atoms with Gasteiger partial charge in [0.15, 0.2) is 0 Å². The first kappa shape index (κ1) is 11.7. The van der Waals surface area contributed by atoms with Crippen LogP contribution >= 0.6 is 0 Å². The number of pyridine rings is 1. The first-order valence-electron chi connectivity index (χ1n) is 6.63. The van der Waals surface area contributed by atoms with E-state index in [9.17, 15) is 0 Å². The number of hydrogen-bond donors (Lipinski definition) is 1. The summed E-state index contributed by atoms with van der Waals surface area (Å²) >= 11 is 0. The first-order valence-corrected chi connectivity index (χ1v) is 6.63. The number of hydrogen-bond acceptors (Lipinski definition) is 3. The summed E-state index contributed by atoms with van der Waals surface area (Å²) < 4.78 is 2.25. The summed E-state index contributed by atoms with van der Waals surface area (Å²) in [7, 11) is 2.19. The van der Waals surface area contributed by atoms with Crippen molar-refractivity contribution in [2.45, 2.75) is 25.3 Å². The smallest absolute Gasteiger partial charge is 0.116 e. The second kappa shape index (κ2) is 4.71. The van der Waals surface area contributed by atoms with E-state index in [2.05, 4.69) is 39.5 Å². The number of aromatic nitrogens is 2. The molecule has 0 atom stereocenters. The van der Waals surface area contributed by atoms with E-state index in [0.29, 0.717) is 12.5 Å². The zero-order chi connectivity index (χ0) is 12.5. The van der Waals surface area contributed by atoms with Crippen LogP contribution in [0.1, 0.15) is 30.3 Å². The fourth-order valence-corrected chi connectivity index (χ4v) is 2.86. The van der Waals surface area contributed by atoms with Gasteiger partial charge in [0.05, 0.1) is 11.7 Å². The number of piperidine rings is 1. The van der Waals surface area contributed by atoms with Gasteiger partial charge in [-0.25, -0.2) is 4.98 Å². The molecule has 4 nitrogen and oxygen atoms in total. The molecule has 0 amide bonds. The van der Waals surface area contributed by atoms with Crippen LogP contribution in [0.15, 0.2) is 24.4 Å². The van der Waals surface area contributed by atoms with E-state index in [1.807, 2.05) is 6.20 Å². The third-order valence-electron chi connectivity index (χ3n) is 3.95. The molecular weight excluding hydrogens is 224 g/mol. The van der Waals surface area contributed by atoms with Crippen LogP contribution in [0.3, 0.4) is 0 Å². The lowest BCUT2D eigenvalue weighted by Crippen LogP contribution is -2.30. The van der Waals surface area contributed by atoms with Crippen LogP contribution in [-0.4, -0.2) is 34.4 Å². The second-order valence-corrected chi connectivity index (χ2v) is 5.18. The molecule has 96 valence electrons. The Labute approximate surface area is 107 Å². The van der Waals surface area contributed by atoms with Gasteiger partial charge in [0.2, 0.25) is 0 Å². The maximum Gasteiger partial charge on any atom is 0.116 e. The molecule has 3 rings (SSSR count). The highest BCUT2D eigenvalue weighted by molar-refractivity contribution is 5.48. The number of imidazole rings is 1. The van der Waals surface area contributed by atoms with Crippen molar-refractivity contribution in [3.8, 4) is 0 Å². The zero-order valence-corrected chi connectivity index (χ0v) is 10.8. The van der Waals surface area contributed by atoms with Gasteiger partial charge in [0, 0.05) is 18.2 Å². The number of likely N-dealkylation sites (tertiary alicyclic amines) is 1. The van der Waals surface area contributed by atoms with Gasteiger partial charge in [-0.3, -0.25) is 4.40 Å². The average Bonchev–Trinajstić information content (AvgIpc) is 2.83. The van der Waals surface area contributed by atoms with Crippen molar-refractivity contribution in [2.75, 3.05) is 20.1 Å². The van der Waals surface area contributed by atoms with Gasteiger partial charge in [-0.05, 0) is 45.1 Å². The van der Waals surface area contributed by atoms with Crippen molar-refractivity contribution >= 4 is 5.52 Å². The van der Waals surface area contributed by atoms with Crippen molar-refractivity contribution in [2.24, 2.45) is 5.73 Å². The van der Waals surface area contributed by atoms with Crippen molar-refractivity contribution in [1.82, 2.24) is 14.3 Å². The van der Waals surface area contributed by atoms with E-state index < -0.39 is 0 Å². The fourth-order valence-electron chi connectivity index (χ4n) is 2.86. The predicted octanol–water partition coefficient (Wildman–Crippen LogP) is 1.60. The highest BCUT2D eigenvalue weighted by atomic mass is 15.1. The molecule has 0 aromatic carbocycles. The summed E-state index contributed by atoms with van der Waals surface area (Å²) in [5, 5.41) is 0. The number of nitrogens with two attached hydrogens (primary N) is 1. The van der Waals surface area contributed by atoms with E-state index in [1.165, 1.54) is 18.7 Å². The Kier molecular flexibility index (Phi) is 3.06. The Balaban J connectivity index is 2.01. The summed E-state index contributed by atoms with van der Waals surface area (Å²) in [5.41, 5.74) is 8.15. The monoisotopic (exact) mass is 244 g/mol. The Hall–Kier alpha value is -1.39. The summed E-state index contributed by atoms with van der Waals surface area (Å²) in [6.45, 7) is 2.88. The number of rotatable bonds is 2. The number of fused-ring (bicyclic) bond motifs is 1. The van der Waals surface area contributed by atoms with Crippen molar-refractivity contribution in [3.63, 3.8) is 0 Å². The van der Waals surface area contributed by atoms with E-state index in [4.69, 9.17) is 5.73 Å². The maximum atomic E-state index is 5.84. The Bertz CT molecular complexity index is 538. The molecule has 0 aliphatic carbocycles. The third kappa shape index (κ3) is 1.91. The quantitative estimate of drug-likeness (QED) is 0.873. The molecule has 2 aromatic heterocycles. The molecule has 3 heterocycles. The summed E-state index contributed by atoms with van der Waals surface area (Å²) in [5.74, 6) is 1.76. The van der Waals surface area contributed by atoms with Gasteiger partial charge >= 0.3 is 0 Å². The molecule has 1 saturated heterocycles. The van der Waals surface area contributed by atoms with Gasteiger partial charge in [-0.15, -0.1) is 0 Å². The number of nitrogens with zero attached hydrogens (tertiary/aromatic N) is 3. The molecule has 1 fully saturated rings. The molecule has 2 N–H and O–H groups in total. The van der Waals surface area contributed by atoms with Gasteiger partial charge in [-0.2, -0.15) is 0 Å². The summed E-state index contributed by atoms with van der Waals surface area (Å²) in [6, 6.07) is 6.25. The van der Waals surface area contributed by atoms with Crippen molar-refractivity contribution in [1.29, 1.82) is 0 Å². The molecular formula is C14H20N4. The SMILES string of the molecule is CN1CCC(c2ncc3cccc(CN)n23)CC1. The van der Waals surface area contributed by atoms with E-state index in [-0.39, 0.29) is 0 Å². The molecule has 0 bridgehead atoms. The van der Waals surface area contributed by atoms with E-state index >= 15 is 0 Å². The second-order valence-electron chi connectivity index (χ2n) is 5.18. The molecule has 2 aromatic rings.